The Hall–Kier alpha value is -1.30. The molecule has 0 spiro atoms. The molecule has 5 nitrogen and oxygen atoms in total. The summed E-state index contributed by atoms with van der Waals surface area (Å²) in [7, 11) is 0. The lowest BCUT2D eigenvalue weighted by Gasteiger charge is -2.14. The largest absolute Gasteiger partial charge is 0.481 e. The molecule has 1 aromatic rings. The molecule has 1 amide bonds. The first-order valence-electron chi connectivity index (χ1n) is 5.68. The molecule has 2 atom stereocenters. The number of hydrogen-bond acceptors (Lipinski definition) is 3. The predicted molar refractivity (Wildman–Crippen MR) is 67.3 cm³/mol. The maximum atomic E-state index is 12.2. The molecule has 1 N–H and O–H groups in total. The molecule has 2 rings (SSSR count). The van der Waals surface area contributed by atoms with Crippen LogP contribution in [0.15, 0.2) is 15.2 Å². The van der Waals surface area contributed by atoms with Gasteiger partial charge in [-0.2, -0.15) is 0 Å². The van der Waals surface area contributed by atoms with Crippen molar-refractivity contribution >= 4 is 27.8 Å². The van der Waals surface area contributed by atoms with Crippen molar-refractivity contribution in [3.63, 3.8) is 0 Å². The van der Waals surface area contributed by atoms with E-state index in [1.807, 2.05) is 6.92 Å². The van der Waals surface area contributed by atoms with Crippen LogP contribution in [0, 0.1) is 18.8 Å². The fourth-order valence-electron chi connectivity index (χ4n) is 2.25. The van der Waals surface area contributed by atoms with Crippen molar-refractivity contribution in [2.75, 3.05) is 13.1 Å². The van der Waals surface area contributed by atoms with Gasteiger partial charge in [0.1, 0.15) is 0 Å². The second-order valence-corrected chi connectivity index (χ2v) is 5.48. The van der Waals surface area contributed by atoms with Gasteiger partial charge in [-0.15, -0.1) is 0 Å². The van der Waals surface area contributed by atoms with E-state index in [1.54, 1.807) is 17.9 Å². The van der Waals surface area contributed by atoms with Crippen molar-refractivity contribution in [3.8, 4) is 0 Å². The molecule has 0 aliphatic carbocycles. The lowest BCUT2D eigenvalue weighted by molar-refractivity contribution is -0.142. The molecule has 1 fully saturated rings. The Morgan fingerprint density at radius 1 is 1.50 bits per heavy atom. The number of aliphatic carboxylic acids is 1. The molecule has 2 heterocycles. The van der Waals surface area contributed by atoms with Crippen molar-refractivity contribution in [3.05, 3.63) is 22.1 Å². The zero-order valence-electron chi connectivity index (χ0n) is 10.1. The molecule has 1 aromatic heterocycles. The van der Waals surface area contributed by atoms with Gasteiger partial charge in [-0.05, 0) is 34.8 Å². The fraction of sp³-hybridized carbons (Fsp3) is 0.500. The summed E-state index contributed by atoms with van der Waals surface area (Å²) in [6, 6.07) is 1.72. The summed E-state index contributed by atoms with van der Waals surface area (Å²) in [6.45, 7) is 4.33. The lowest BCUT2D eigenvalue weighted by atomic mass is 9.99. The molecule has 18 heavy (non-hydrogen) atoms. The Morgan fingerprint density at radius 2 is 2.17 bits per heavy atom. The summed E-state index contributed by atoms with van der Waals surface area (Å²) in [5.74, 6) is -1.35. The monoisotopic (exact) mass is 315 g/mol. The van der Waals surface area contributed by atoms with Gasteiger partial charge in [-0.25, -0.2) is 0 Å². The van der Waals surface area contributed by atoms with Crippen LogP contribution >= 0.6 is 15.9 Å². The minimum absolute atomic E-state index is 0.0369. The second kappa shape index (κ2) is 4.76. The van der Waals surface area contributed by atoms with Gasteiger partial charge in [0, 0.05) is 18.7 Å². The van der Waals surface area contributed by atoms with Crippen LogP contribution in [0.5, 0.6) is 0 Å². The smallest absolute Gasteiger partial charge is 0.308 e. The van der Waals surface area contributed by atoms with E-state index >= 15 is 0 Å². The quantitative estimate of drug-likeness (QED) is 0.907. The van der Waals surface area contributed by atoms with Gasteiger partial charge in [-0.3, -0.25) is 9.59 Å². The summed E-state index contributed by atoms with van der Waals surface area (Å²) in [5.41, 5.74) is 0.748. The van der Waals surface area contributed by atoms with Crippen LogP contribution in [0.25, 0.3) is 0 Å². The number of carboxylic acid groups (broad SMARTS) is 1. The number of carboxylic acids is 1. The first kappa shape index (κ1) is 13.1. The molecular formula is C12H14BrNO4. The maximum absolute atomic E-state index is 12.2. The van der Waals surface area contributed by atoms with Crippen molar-refractivity contribution in [1.82, 2.24) is 4.90 Å². The average molecular weight is 316 g/mol. The number of nitrogens with zero attached hydrogens (tertiary/aromatic N) is 1. The summed E-state index contributed by atoms with van der Waals surface area (Å²) in [4.78, 5) is 24.8. The summed E-state index contributed by atoms with van der Waals surface area (Å²) < 4.78 is 5.80. The number of likely N-dealkylation sites (tertiary alicyclic amines) is 1. The molecule has 98 valence electrons. The van der Waals surface area contributed by atoms with E-state index in [0.29, 0.717) is 11.2 Å². The minimum Gasteiger partial charge on any atom is -0.481 e. The number of hydrogen-bond donors (Lipinski definition) is 1. The topological polar surface area (TPSA) is 70.8 Å². The molecule has 6 heteroatoms. The third kappa shape index (κ3) is 2.29. The van der Waals surface area contributed by atoms with E-state index in [-0.39, 0.29) is 24.1 Å². The number of carbonyl (C=O) groups excluding carboxylic acids is 1. The van der Waals surface area contributed by atoms with E-state index in [1.165, 1.54) is 0 Å². The van der Waals surface area contributed by atoms with E-state index < -0.39 is 11.9 Å². The van der Waals surface area contributed by atoms with Crippen LogP contribution in [0.3, 0.4) is 0 Å². The van der Waals surface area contributed by atoms with Gasteiger partial charge in [-0.1, -0.05) is 6.92 Å². The highest BCUT2D eigenvalue weighted by atomic mass is 79.9. The van der Waals surface area contributed by atoms with E-state index in [9.17, 15) is 9.59 Å². The zero-order chi connectivity index (χ0) is 13.4. The van der Waals surface area contributed by atoms with E-state index in [4.69, 9.17) is 9.52 Å². The standard InChI is InChI=1S/C12H14BrNO4/c1-6-3-9(13)18-10(6)11(15)14-4-7(2)8(5-14)12(16)17/h3,7-8H,4-5H2,1-2H3,(H,16,17)/t7-,8-/m1/s1. The van der Waals surface area contributed by atoms with Crippen LogP contribution in [0.2, 0.25) is 0 Å². The van der Waals surface area contributed by atoms with Crippen LogP contribution in [0.4, 0.5) is 0 Å². The molecule has 0 unspecified atom stereocenters. The molecular weight excluding hydrogens is 302 g/mol. The van der Waals surface area contributed by atoms with Gasteiger partial charge in [0.25, 0.3) is 5.91 Å². The third-order valence-corrected chi connectivity index (χ3v) is 3.69. The Balaban J connectivity index is 2.17. The SMILES string of the molecule is Cc1cc(Br)oc1C(=O)N1C[C@@H](C)[C@H](C(=O)O)C1. The molecule has 1 saturated heterocycles. The Morgan fingerprint density at radius 3 is 2.61 bits per heavy atom. The maximum Gasteiger partial charge on any atom is 0.308 e. The average Bonchev–Trinajstić information content (AvgIpc) is 2.81. The van der Waals surface area contributed by atoms with Gasteiger partial charge < -0.3 is 14.4 Å². The Labute approximate surface area is 113 Å². The normalized spacial score (nSPS) is 23.4. The highest BCUT2D eigenvalue weighted by Crippen LogP contribution is 2.27. The van der Waals surface area contributed by atoms with Crippen molar-refractivity contribution in [1.29, 1.82) is 0 Å². The van der Waals surface area contributed by atoms with Gasteiger partial charge >= 0.3 is 5.97 Å². The highest BCUT2D eigenvalue weighted by molar-refractivity contribution is 9.10. The Bertz CT molecular complexity index is 496. The number of carbonyl (C=O) groups is 2. The predicted octanol–water partition coefficient (Wildman–Crippen LogP) is 2.14. The van der Waals surface area contributed by atoms with Gasteiger partial charge in [0.2, 0.25) is 0 Å². The van der Waals surface area contributed by atoms with Gasteiger partial charge in [0.05, 0.1) is 5.92 Å². The van der Waals surface area contributed by atoms with Crippen LogP contribution in [-0.2, 0) is 4.79 Å². The second-order valence-electron chi connectivity index (χ2n) is 4.69. The molecule has 1 aliphatic rings. The van der Waals surface area contributed by atoms with Crippen LogP contribution in [0.1, 0.15) is 23.0 Å². The zero-order valence-corrected chi connectivity index (χ0v) is 11.7. The van der Waals surface area contributed by atoms with Crippen LogP contribution in [-0.4, -0.2) is 35.0 Å². The van der Waals surface area contributed by atoms with E-state index in [2.05, 4.69) is 15.9 Å². The fourth-order valence-corrected chi connectivity index (χ4v) is 2.76. The molecule has 0 bridgehead atoms. The van der Waals surface area contributed by atoms with Crippen LogP contribution < -0.4 is 0 Å². The van der Waals surface area contributed by atoms with Crippen molar-refractivity contribution in [2.45, 2.75) is 13.8 Å². The summed E-state index contributed by atoms with van der Waals surface area (Å²) in [6.07, 6.45) is 0. The Kier molecular flexibility index (Phi) is 3.47. The first-order valence-corrected chi connectivity index (χ1v) is 6.47. The van der Waals surface area contributed by atoms with E-state index in [0.717, 1.165) is 5.56 Å². The number of halogens is 1. The molecule has 0 aromatic carbocycles. The first-order chi connectivity index (χ1) is 8.40. The van der Waals surface area contributed by atoms with Crippen molar-refractivity contribution < 1.29 is 19.1 Å². The minimum atomic E-state index is -0.852. The number of rotatable bonds is 2. The summed E-state index contributed by atoms with van der Waals surface area (Å²) in [5, 5.41) is 9.04. The number of amides is 1. The number of aryl methyl sites for hydroxylation is 1. The van der Waals surface area contributed by atoms with Gasteiger partial charge in [0.15, 0.2) is 10.4 Å². The molecule has 1 aliphatic heterocycles. The molecule has 0 radical (unpaired) electrons. The summed E-state index contributed by atoms with van der Waals surface area (Å²) >= 11 is 3.18. The molecule has 0 saturated carbocycles. The highest BCUT2D eigenvalue weighted by Gasteiger charge is 2.38. The number of furan rings is 1. The third-order valence-electron chi connectivity index (χ3n) is 3.30. The van der Waals surface area contributed by atoms with Crippen molar-refractivity contribution in [2.24, 2.45) is 11.8 Å². The lowest BCUT2D eigenvalue weighted by Crippen LogP contribution is -2.30.